The Bertz CT molecular complexity index is 361. The molecule has 1 aromatic rings. The third-order valence-electron chi connectivity index (χ3n) is 3.45. The van der Waals surface area contributed by atoms with Crippen LogP contribution in [0.3, 0.4) is 0 Å². The van der Waals surface area contributed by atoms with Crippen molar-refractivity contribution in [2.75, 3.05) is 6.54 Å². The van der Waals surface area contributed by atoms with E-state index in [1.54, 1.807) is 0 Å². The van der Waals surface area contributed by atoms with Gasteiger partial charge in [0, 0.05) is 17.0 Å². The number of nitrogens with two attached hydrogens (primary N) is 1. The first-order chi connectivity index (χ1) is 7.44. The minimum absolute atomic E-state index is 0.293. The standard InChI is InChI=1S/C13H20ClNO/c1-4-13(3,8-15)12(16)10-6-5-9(2)11(14)7-10/h5-7,12,16H,4,8,15H2,1-3H3. The van der Waals surface area contributed by atoms with Crippen molar-refractivity contribution in [3.05, 3.63) is 34.3 Å². The minimum Gasteiger partial charge on any atom is -0.388 e. The molecule has 0 saturated carbocycles. The van der Waals surface area contributed by atoms with Crippen LogP contribution in [0.25, 0.3) is 0 Å². The lowest BCUT2D eigenvalue weighted by Crippen LogP contribution is -2.33. The van der Waals surface area contributed by atoms with E-state index in [2.05, 4.69) is 0 Å². The second-order valence-electron chi connectivity index (χ2n) is 4.62. The van der Waals surface area contributed by atoms with Crippen LogP contribution in [0.2, 0.25) is 5.02 Å². The van der Waals surface area contributed by atoms with E-state index >= 15 is 0 Å². The van der Waals surface area contributed by atoms with Gasteiger partial charge in [-0.3, -0.25) is 0 Å². The van der Waals surface area contributed by atoms with Gasteiger partial charge in [-0.15, -0.1) is 0 Å². The van der Waals surface area contributed by atoms with Crippen molar-refractivity contribution in [1.82, 2.24) is 0 Å². The fourth-order valence-corrected chi connectivity index (χ4v) is 1.82. The van der Waals surface area contributed by atoms with Gasteiger partial charge in [0.1, 0.15) is 0 Å². The van der Waals surface area contributed by atoms with E-state index in [-0.39, 0.29) is 5.41 Å². The normalized spacial score (nSPS) is 16.9. The van der Waals surface area contributed by atoms with E-state index in [1.807, 2.05) is 39.0 Å². The molecular formula is C13H20ClNO. The highest BCUT2D eigenvalue weighted by molar-refractivity contribution is 6.31. The van der Waals surface area contributed by atoms with Gasteiger partial charge in [0.2, 0.25) is 0 Å². The fourth-order valence-electron chi connectivity index (χ4n) is 1.63. The van der Waals surface area contributed by atoms with Crippen LogP contribution in [0, 0.1) is 12.3 Å². The highest BCUT2D eigenvalue weighted by atomic mass is 35.5. The van der Waals surface area contributed by atoms with Crippen molar-refractivity contribution in [2.45, 2.75) is 33.3 Å². The molecule has 0 bridgehead atoms. The molecular weight excluding hydrogens is 222 g/mol. The summed E-state index contributed by atoms with van der Waals surface area (Å²) < 4.78 is 0. The van der Waals surface area contributed by atoms with Crippen LogP contribution in [0.15, 0.2) is 18.2 Å². The molecule has 16 heavy (non-hydrogen) atoms. The Morgan fingerprint density at radius 2 is 2.12 bits per heavy atom. The van der Waals surface area contributed by atoms with Crippen LogP contribution in [0.4, 0.5) is 0 Å². The lowest BCUT2D eigenvalue weighted by atomic mass is 9.78. The molecule has 0 aliphatic rings. The molecule has 90 valence electrons. The van der Waals surface area contributed by atoms with Crippen molar-refractivity contribution >= 4 is 11.6 Å². The monoisotopic (exact) mass is 241 g/mol. The van der Waals surface area contributed by atoms with E-state index in [0.717, 1.165) is 17.5 Å². The minimum atomic E-state index is -0.569. The van der Waals surface area contributed by atoms with Crippen LogP contribution in [-0.2, 0) is 0 Å². The number of hydrogen-bond donors (Lipinski definition) is 2. The summed E-state index contributed by atoms with van der Waals surface area (Å²) in [6, 6.07) is 5.66. The predicted octanol–water partition coefficient (Wildman–Crippen LogP) is 3.06. The van der Waals surface area contributed by atoms with Crippen LogP contribution in [-0.4, -0.2) is 11.7 Å². The Balaban J connectivity index is 3.04. The van der Waals surface area contributed by atoms with Gasteiger partial charge in [-0.05, 0) is 30.5 Å². The number of aliphatic hydroxyl groups is 1. The number of hydrogen-bond acceptors (Lipinski definition) is 2. The van der Waals surface area contributed by atoms with Crippen molar-refractivity contribution in [1.29, 1.82) is 0 Å². The number of rotatable bonds is 4. The molecule has 0 heterocycles. The van der Waals surface area contributed by atoms with Gasteiger partial charge >= 0.3 is 0 Å². The molecule has 0 aromatic heterocycles. The highest BCUT2D eigenvalue weighted by Crippen LogP contribution is 2.36. The zero-order chi connectivity index (χ0) is 12.3. The second-order valence-corrected chi connectivity index (χ2v) is 5.03. The summed E-state index contributed by atoms with van der Waals surface area (Å²) in [6.07, 6.45) is 0.261. The average Bonchev–Trinajstić information content (AvgIpc) is 2.30. The topological polar surface area (TPSA) is 46.2 Å². The molecule has 0 saturated heterocycles. The van der Waals surface area contributed by atoms with Gasteiger partial charge in [-0.1, -0.05) is 37.6 Å². The molecule has 0 aliphatic heterocycles. The quantitative estimate of drug-likeness (QED) is 0.851. The Hall–Kier alpha value is -0.570. The number of aliphatic hydroxyl groups excluding tert-OH is 1. The number of benzene rings is 1. The van der Waals surface area contributed by atoms with Gasteiger partial charge in [-0.25, -0.2) is 0 Å². The summed E-state index contributed by atoms with van der Waals surface area (Å²) in [5.41, 5.74) is 7.29. The largest absolute Gasteiger partial charge is 0.388 e. The molecule has 3 heteroatoms. The van der Waals surface area contributed by atoms with Crippen molar-refractivity contribution in [3.63, 3.8) is 0 Å². The summed E-state index contributed by atoms with van der Waals surface area (Å²) >= 11 is 6.05. The molecule has 0 aliphatic carbocycles. The van der Waals surface area contributed by atoms with Crippen LogP contribution >= 0.6 is 11.6 Å². The van der Waals surface area contributed by atoms with Gasteiger partial charge in [0.15, 0.2) is 0 Å². The third-order valence-corrected chi connectivity index (χ3v) is 3.85. The molecule has 3 N–H and O–H groups in total. The Morgan fingerprint density at radius 1 is 1.50 bits per heavy atom. The van der Waals surface area contributed by atoms with Gasteiger partial charge in [0.05, 0.1) is 6.10 Å². The molecule has 0 radical (unpaired) electrons. The second kappa shape index (κ2) is 5.17. The van der Waals surface area contributed by atoms with E-state index in [4.69, 9.17) is 17.3 Å². The summed E-state index contributed by atoms with van der Waals surface area (Å²) in [4.78, 5) is 0. The van der Waals surface area contributed by atoms with E-state index in [1.165, 1.54) is 0 Å². The Kier molecular flexibility index (Phi) is 4.36. The summed E-state index contributed by atoms with van der Waals surface area (Å²) in [7, 11) is 0. The zero-order valence-corrected chi connectivity index (χ0v) is 10.9. The SMILES string of the molecule is CCC(C)(CN)C(O)c1ccc(C)c(Cl)c1. The summed E-state index contributed by atoms with van der Waals surface area (Å²) in [5.74, 6) is 0. The molecule has 2 unspecified atom stereocenters. The van der Waals surface area contributed by atoms with Gasteiger partial charge in [0.25, 0.3) is 0 Å². The molecule has 0 amide bonds. The predicted molar refractivity (Wildman–Crippen MR) is 68.6 cm³/mol. The third kappa shape index (κ3) is 2.57. The lowest BCUT2D eigenvalue weighted by molar-refractivity contribution is 0.0392. The van der Waals surface area contributed by atoms with Crippen molar-refractivity contribution in [2.24, 2.45) is 11.1 Å². The molecule has 1 aromatic carbocycles. The maximum absolute atomic E-state index is 10.3. The van der Waals surface area contributed by atoms with E-state index < -0.39 is 6.10 Å². The van der Waals surface area contributed by atoms with Crippen molar-refractivity contribution in [3.8, 4) is 0 Å². The molecule has 0 fully saturated rings. The zero-order valence-electron chi connectivity index (χ0n) is 10.1. The number of aryl methyl sites for hydroxylation is 1. The summed E-state index contributed by atoms with van der Waals surface area (Å²) in [5, 5.41) is 11.0. The maximum atomic E-state index is 10.3. The average molecular weight is 242 g/mol. The Morgan fingerprint density at radius 3 is 2.56 bits per heavy atom. The van der Waals surface area contributed by atoms with E-state index in [0.29, 0.717) is 11.6 Å². The molecule has 2 atom stereocenters. The highest BCUT2D eigenvalue weighted by Gasteiger charge is 2.31. The first kappa shape index (κ1) is 13.5. The van der Waals surface area contributed by atoms with E-state index in [9.17, 15) is 5.11 Å². The first-order valence-corrected chi connectivity index (χ1v) is 5.96. The first-order valence-electron chi connectivity index (χ1n) is 5.59. The number of halogens is 1. The smallest absolute Gasteiger partial charge is 0.0856 e. The van der Waals surface area contributed by atoms with Crippen LogP contribution in [0.1, 0.15) is 37.5 Å². The lowest BCUT2D eigenvalue weighted by Gasteiger charge is -2.32. The van der Waals surface area contributed by atoms with Gasteiger partial charge in [-0.2, -0.15) is 0 Å². The molecule has 1 rings (SSSR count). The van der Waals surface area contributed by atoms with Gasteiger partial charge < -0.3 is 10.8 Å². The van der Waals surface area contributed by atoms with Crippen molar-refractivity contribution < 1.29 is 5.11 Å². The summed E-state index contributed by atoms with van der Waals surface area (Å²) in [6.45, 7) is 6.42. The Labute approximate surface area is 102 Å². The fraction of sp³-hybridized carbons (Fsp3) is 0.538. The molecule has 0 spiro atoms. The van der Waals surface area contributed by atoms with Crippen LogP contribution in [0.5, 0.6) is 0 Å². The molecule has 2 nitrogen and oxygen atoms in total. The van der Waals surface area contributed by atoms with Crippen LogP contribution < -0.4 is 5.73 Å². The maximum Gasteiger partial charge on any atom is 0.0856 e.